The van der Waals surface area contributed by atoms with Crippen LogP contribution >= 0.6 is 23.2 Å². The first-order chi connectivity index (χ1) is 14.8. The van der Waals surface area contributed by atoms with Crippen molar-refractivity contribution in [2.45, 2.75) is 24.7 Å². The van der Waals surface area contributed by atoms with E-state index in [4.69, 9.17) is 23.2 Å². The van der Waals surface area contributed by atoms with Gasteiger partial charge in [0.05, 0.1) is 26.9 Å². The summed E-state index contributed by atoms with van der Waals surface area (Å²) >= 11 is 12.3. The SMILES string of the molecule is Cc1cc(NC(=O)c2cc(S(=O)(=O)N3CCCC3)ccc2Cl)n(-c2cccc(Cl)c2)n1. The number of amides is 1. The number of nitrogens with one attached hydrogen (secondary N) is 1. The molecule has 0 spiro atoms. The number of anilines is 1. The number of carbonyl (C=O) groups excluding carboxylic acids is 1. The highest BCUT2D eigenvalue weighted by atomic mass is 35.5. The molecule has 0 bridgehead atoms. The van der Waals surface area contributed by atoms with Crippen molar-refractivity contribution >= 4 is 45.0 Å². The molecule has 3 aromatic rings. The summed E-state index contributed by atoms with van der Waals surface area (Å²) < 4.78 is 28.7. The molecular formula is C21H20Cl2N4O3S. The first kappa shape index (κ1) is 21.8. The summed E-state index contributed by atoms with van der Waals surface area (Å²) in [5.41, 5.74) is 1.43. The Morgan fingerprint density at radius 2 is 1.81 bits per heavy atom. The lowest BCUT2D eigenvalue weighted by Gasteiger charge is -2.16. The van der Waals surface area contributed by atoms with E-state index in [1.54, 1.807) is 35.9 Å². The number of hydrogen-bond donors (Lipinski definition) is 1. The molecular weight excluding hydrogens is 459 g/mol. The van der Waals surface area contributed by atoms with Gasteiger partial charge < -0.3 is 5.32 Å². The highest BCUT2D eigenvalue weighted by Crippen LogP contribution is 2.27. The second-order valence-electron chi connectivity index (χ2n) is 7.27. The second-order valence-corrected chi connectivity index (χ2v) is 10.1. The molecule has 1 fully saturated rings. The van der Waals surface area contributed by atoms with Gasteiger partial charge in [0.15, 0.2) is 0 Å². The van der Waals surface area contributed by atoms with Crippen LogP contribution in [-0.2, 0) is 10.0 Å². The third-order valence-corrected chi connectivity index (χ3v) is 7.47. The average molecular weight is 479 g/mol. The minimum Gasteiger partial charge on any atom is -0.306 e. The van der Waals surface area contributed by atoms with Gasteiger partial charge in [0.2, 0.25) is 10.0 Å². The second kappa shape index (κ2) is 8.63. The van der Waals surface area contributed by atoms with Crippen LogP contribution in [0.5, 0.6) is 0 Å². The van der Waals surface area contributed by atoms with E-state index in [1.165, 1.54) is 22.5 Å². The number of aryl methyl sites for hydroxylation is 1. The Hall–Kier alpha value is -2.39. The molecule has 0 saturated carbocycles. The van der Waals surface area contributed by atoms with Crippen molar-refractivity contribution in [2.24, 2.45) is 0 Å². The monoisotopic (exact) mass is 478 g/mol. The number of carbonyl (C=O) groups is 1. The molecule has 1 aromatic heterocycles. The maximum Gasteiger partial charge on any atom is 0.258 e. The number of benzene rings is 2. The predicted octanol–water partition coefficient (Wildman–Crippen LogP) is 4.52. The van der Waals surface area contributed by atoms with E-state index in [9.17, 15) is 13.2 Å². The van der Waals surface area contributed by atoms with Gasteiger partial charge in [-0.05, 0) is 56.2 Å². The van der Waals surface area contributed by atoms with E-state index in [1.807, 2.05) is 6.07 Å². The zero-order chi connectivity index (χ0) is 22.2. The van der Waals surface area contributed by atoms with Gasteiger partial charge in [-0.1, -0.05) is 29.3 Å². The average Bonchev–Trinajstić information content (AvgIpc) is 3.38. The number of rotatable bonds is 5. The van der Waals surface area contributed by atoms with Crippen LogP contribution in [0, 0.1) is 6.92 Å². The normalized spacial score (nSPS) is 14.7. The fraction of sp³-hybridized carbons (Fsp3) is 0.238. The highest BCUT2D eigenvalue weighted by molar-refractivity contribution is 7.89. The van der Waals surface area contributed by atoms with Crippen molar-refractivity contribution < 1.29 is 13.2 Å². The van der Waals surface area contributed by atoms with E-state index in [2.05, 4.69) is 10.4 Å². The fourth-order valence-corrected chi connectivity index (χ4v) is 5.42. The predicted molar refractivity (Wildman–Crippen MR) is 121 cm³/mol. The molecule has 31 heavy (non-hydrogen) atoms. The molecule has 0 atom stereocenters. The molecule has 1 aliphatic rings. The molecule has 7 nitrogen and oxygen atoms in total. The molecule has 0 unspecified atom stereocenters. The topological polar surface area (TPSA) is 84.3 Å². The summed E-state index contributed by atoms with van der Waals surface area (Å²) in [6.07, 6.45) is 1.65. The maximum absolute atomic E-state index is 13.0. The molecule has 2 heterocycles. The van der Waals surface area contributed by atoms with Crippen LogP contribution in [0.15, 0.2) is 53.4 Å². The Morgan fingerprint density at radius 3 is 2.52 bits per heavy atom. The van der Waals surface area contributed by atoms with Crippen LogP contribution in [-0.4, -0.2) is 41.5 Å². The quantitative estimate of drug-likeness (QED) is 0.583. The first-order valence-corrected chi connectivity index (χ1v) is 11.9. The maximum atomic E-state index is 13.0. The van der Waals surface area contributed by atoms with Crippen molar-refractivity contribution in [1.82, 2.24) is 14.1 Å². The molecule has 1 N–H and O–H groups in total. The third kappa shape index (κ3) is 4.48. The molecule has 4 rings (SSSR count). The summed E-state index contributed by atoms with van der Waals surface area (Å²) in [7, 11) is -3.67. The van der Waals surface area contributed by atoms with Gasteiger partial charge in [0, 0.05) is 24.2 Å². The number of hydrogen-bond acceptors (Lipinski definition) is 4. The van der Waals surface area contributed by atoms with Gasteiger partial charge in [0.1, 0.15) is 5.82 Å². The molecule has 2 aromatic carbocycles. The van der Waals surface area contributed by atoms with E-state index >= 15 is 0 Å². The van der Waals surface area contributed by atoms with Crippen molar-refractivity contribution in [1.29, 1.82) is 0 Å². The number of aromatic nitrogens is 2. The van der Waals surface area contributed by atoms with Crippen LogP contribution in [0.3, 0.4) is 0 Å². The van der Waals surface area contributed by atoms with Gasteiger partial charge in [-0.3, -0.25) is 4.79 Å². The summed E-state index contributed by atoms with van der Waals surface area (Å²) in [6, 6.07) is 12.9. The summed E-state index contributed by atoms with van der Waals surface area (Å²) in [5, 5.41) is 7.88. The fourth-order valence-electron chi connectivity index (χ4n) is 3.49. The first-order valence-electron chi connectivity index (χ1n) is 9.69. The van der Waals surface area contributed by atoms with Gasteiger partial charge in [-0.25, -0.2) is 13.1 Å². The van der Waals surface area contributed by atoms with Gasteiger partial charge in [0.25, 0.3) is 5.91 Å². The lowest BCUT2D eigenvalue weighted by molar-refractivity contribution is 0.102. The van der Waals surface area contributed by atoms with Crippen molar-refractivity contribution in [2.75, 3.05) is 18.4 Å². The number of nitrogens with zero attached hydrogens (tertiary/aromatic N) is 3. The summed E-state index contributed by atoms with van der Waals surface area (Å²) in [5.74, 6) is -0.125. The molecule has 1 aliphatic heterocycles. The van der Waals surface area contributed by atoms with Crippen LogP contribution in [0.25, 0.3) is 5.69 Å². The number of sulfonamides is 1. The van der Waals surface area contributed by atoms with Crippen LogP contribution < -0.4 is 5.32 Å². The largest absolute Gasteiger partial charge is 0.306 e. The van der Waals surface area contributed by atoms with Crippen molar-refractivity contribution in [3.63, 3.8) is 0 Å². The van der Waals surface area contributed by atoms with E-state index < -0.39 is 15.9 Å². The lowest BCUT2D eigenvalue weighted by Crippen LogP contribution is -2.28. The molecule has 162 valence electrons. The van der Waals surface area contributed by atoms with Gasteiger partial charge in [-0.15, -0.1) is 0 Å². The van der Waals surface area contributed by atoms with Gasteiger partial charge in [-0.2, -0.15) is 9.40 Å². The molecule has 1 amide bonds. The zero-order valence-electron chi connectivity index (χ0n) is 16.7. The molecule has 1 saturated heterocycles. The molecule has 10 heteroatoms. The highest BCUT2D eigenvalue weighted by Gasteiger charge is 2.28. The lowest BCUT2D eigenvalue weighted by atomic mass is 10.2. The van der Waals surface area contributed by atoms with Crippen LogP contribution in [0.4, 0.5) is 5.82 Å². The van der Waals surface area contributed by atoms with Crippen LogP contribution in [0.2, 0.25) is 10.0 Å². The Balaban J connectivity index is 1.66. The van der Waals surface area contributed by atoms with Crippen molar-refractivity contribution in [3.05, 3.63) is 69.8 Å². The molecule has 0 radical (unpaired) electrons. The minimum atomic E-state index is -3.67. The van der Waals surface area contributed by atoms with Crippen LogP contribution in [0.1, 0.15) is 28.9 Å². The van der Waals surface area contributed by atoms with E-state index in [0.717, 1.165) is 12.8 Å². The number of halogens is 2. The standard InChI is InChI=1S/C21H20Cl2N4O3S/c1-14-11-20(27(25-14)16-6-4-5-15(22)12-16)24-21(28)18-13-17(7-8-19(18)23)31(29,30)26-9-2-3-10-26/h4-8,11-13H,2-3,9-10H2,1H3,(H,24,28). The zero-order valence-corrected chi connectivity index (χ0v) is 19.0. The van der Waals surface area contributed by atoms with Gasteiger partial charge >= 0.3 is 0 Å². The smallest absolute Gasteiger partial charge is 0.258 e. The molecule has 0 aliphatic carbocycles. The summed E-state index contributed by atoms with van der Waals surface area (Å²) in [4.78, 5) is 13.1. The Labute approximate surface area is 190 Å². The van der Waals surface area contributed by atoms with E-state index in [0.29, 0.717) is 35.3 Å². The third-order valence-electron chi connectivity index (χ3n) is 5.01. The Morgan fingerprint density at radius 1 is 1.06 bits per heavy atom. The van der Waals surface area contributed by atoms with Crippen molar-refractivity contribution in [3.8, 4) is 5.69 Å². The summed E-state index contributed by atoms with van der Waals surface area (Å²) in [6.45, 7) is 2.75. The Bertz CT molecular complexity index is 1250. The minimum absolute atomic E-state index is 0.0449. The van der Waals surface area contributed by atoms with E-state index in [-0.39, 0.29) is 15.5 Å². The Kier molecular flexibility index (Phi) is 6.07.